The van der Waals surface area contributed by atoms with Crippen molar-refractivity contribution in [3.63, 3.8) is 0 Å². The number of rotatable bonds is 4. The summed E-state index contributed by atoms with van der Waals surface area (Å²) in [7, 11) is 0. The van der Waals surface area contributed by atoms with Crippen LogP contribution in [0, 0.1) is 0 Å². The van der Waals surface area contributed by atoms with Crippen molar-refractivity contribution in [2.24, 2.45) is 10.2 Å². The molecule has 25 heavy (non-hydrogen) atoms. The molecule has 3 aromatic rings. The van der Waals surface area contributed by atoms with Gasteiger partial charge in [0.15, 0.2) is 10.8 Å². The van der Waals surface area contributed by atoms with E-state index >= 15 is 0 Å². The van der Waals surface area contributed by atoms with Gasteiger partial charge in [-0.1, -0.05) is 64.9 Å². The Hall–Kier alpha value is -2.28. The highest BCUT2D eigenvalue weighted by molar-refractivity contribution is 7.11. The molecular formula is C17H12Cl2N4OS. The summed E-state index contributed by atoms with van der Waals surface area (Å²) in [6.07, 6.45) is 1.62. The second-order valence-electron chi connectivity index (χ2n) is 5.01. The molecular weight excluding hydrogens is 379 g/mol. The summed E-state index contributed by atoms with van der Waals surface area (Å²) in [5.41, 5.74) is 1.45. The molecule has 0 aliphatic heterocycles. The Morgan fingerprint density at radius 1 is 1.20 bits per heavy atom. The first kappa shape index (κ1) is 17.5. The summed E-state index contributed by atoms with van der Waals surface area (Å²) in [5, 5.41) is 13.8. The van der Waals surface area contributed by atoms with Crippen molar-refractivity contribution in [2.75, 3.05) is 0 Å². The maximum absolute atomic E-state index is 11.7. The third-order valence-electron chi connectivity index (χ3n) is 3.15. The Balaban J connectivity index is 2.09. The summed E-state index contributed by atoms with van der Waals surface area (Å²) in [4.78, 5) is 12.1. The van der Waals surface area contributed by atoms with E-state index < -0.39 is 0 Å². The van der Waals surface area contributed by atoms with Crippen LogP contribution in [0.15, 0.2) is 58.7 Å². The van der Waals surface area contributed by atoms with Gasteiger partial charge in [-0.2, -0.15) is 10.2 Å². The average molecular weight is 391 g/mol. The largest absolute Gasteiger partial charge is 0.292 e. The van der Waals surface area contributed by atoms with Crippen LogP contribution < -0.4 is 4.80 Å². The fraction of sp³-hybridized carbons (Fsp3) is 0.0588. The second-order valence-corrected chi connectivity index (χ2v) is 6.81. The zero-order chi connectivity index (χ0) is 17.8. The molecule has 8 heteroatoms. The van der Waals surface area contributed by atoms with Crippen molar-refractivity contribution < 1.29 is 4.79 Å². The molecule has 126 valence electrons. The van der Waals surface area contributed by atoms with E-state index in [2.05, 4.69) is 15.3 Å². The Morgan fingerprint density at radius 3 is 2.68 bits per heavy atom. The number of carbonyl (C=O) groups excluding carboxylic acids is 1. The standard InChI is InChI=1S/C17H12Cl2N4OS/c1-11(24)16-22-23(15-9-13(18)7-8-14(15)19)17(25-16)21-20-10-12-5-3-2-4-6-12/h2-10H,1H3. The minimum absolute atomic E-state index is 0.162. The van der Waals surface area contributed by atoms with E-state index in [0.717, 1.165) is 16.9 Å². The molecule has 5 nitrogen and oxygen atoms in total. The van der Waals surface area contributed by atoms with Crippen LogP contribution in [0.1, 0.15) is 22.3 Å². The normalized spacial score (nSPS) is 12.0. The molecule has 1 aromatic heterocycles. The number of ketones is 1. The first-order chi connectivity index (χ1) is 12.0. The lowest BCUT2D eigenvalue weighted by atomic mass is 10.2. The molecule has 0 amide bonds. The van der Waals surface area contributed by atoms with Crippen LogP contribution in [0.2, 0.25) is 10.0 Å². The molecule has 1 heterocycles. The molecule has 0 aliphatic carbocycles. The zero-order valence-corrected chi connectivity index (χ0v) is 15.4. The van der Waals surface area contributed by atoms with E-state index in [1.807, 2.05) is 30.3 Å². The van der Waals surface area contributed by atoms with Crippen molar-refractivity contribution in [3.8, 4) is 5.69 Å². The van der Waals surface area contributed by atoms with Crippen molar-refractivity contribution in [2.45, 2.75) is 6.92 Å². The van der Waals surface area contributed by atoms with E-state index in [1.54, 1.807) is 24.4 Å². The topological polar surface area (TPSA) is 59.6 Å². The lowest BCUT2D eigenvalue weighted by Crippen LogP contribution is -2.14. The van der Waals surface area contributed by atoms with Crippen LogP contribution in [0.5, 0.6) is 0 Å². The van der Waals surface area contributed by atoms with Crippen molar-refractivity contribution >= 4 is 46.5 Å². The van der Waals surface area contributed by atoms with Gasteiger partial charge < -0.3 is 0 Å². The molecule has 0 spiro atoms. The maximum atomic E-state index is 11.7. The van der Waals surface area contributed by atoms with E-state index in [9.17, 15) is 4.79 Å². The van der Waals surface area contributed by atoms with Crippen LogP contribution >= 0.6 is 34.5 Å². The van der Waals surface area contributed by atoms with E-state index in [-0.39, 0.29) is 5.78 Å². The molecule has 0 atom stereocenters. The van der Waals surface area contributed by atoms with Gasteiger partial charge in [0.05, 0.1) is 16.9 Å². The third kappa shape index (κ3) is 4.22. The Morgan fingerprint density at radius 2 is 1.96 bits per heavy atom. The predicted molar refractivity (Wildman–Crippen MR) is 101 cm³/mol. The fourth-order valence-electron chi connectivity index (χ4n) is 1.98. The zero-order valence-electron chi connectivity index (χ0n) is 13.1. The minimum Gasteiger partial charge on any atom is -0.292 e. The molecule has 0 saturated heterocycles. The van der Waals surface area contributed by atoms with E-state index in [4.69, 9.17) is 23.2 Å². The Bertz CT molecular complexity index is 1010. The molecule has 3 rings (SSSR count). The monoisotopic (exact) mass is 390 g/mol. The Kier molecular flexibility index (Phi) is 5.43. The van der Waals surface area contributed by atoms with Crippen molar-refractivity contribution in [3.05, 3.63) is 73.9 Å². The van der Waals surface area contributed by atoms with Crippen LogP contribution in [0.3, 0.4) is 0 Å². The van der Waals surface area contributed by atoms with Crippen LogP contribution in [0.4, 0.5) is 0 Å². The summed E-state index contributed by atoms with van der Waals surface area (Å²) in [6.45, 7) is 1.44. The number of hydrogen-bond donors (Lipinski definition) is 0. The number of aromatic nitrogens is 2. The van der Waals surface area contributed by atoms with Gasteiger partial charge in [0.1, 0.15) is 0 Å². The summed E-state index contributed by atoms with van der Waals surface area (Å²) in [5.74, 6) is -0.162. The van der Waals surface area contributed by atoms with Gasteiger partial charge in [-0.25, -0.2) is 4.68 Å². The van der Waals surface area contributed by atoms with Gasteiger partial charge >= 0.3 is 0 Å². The van der Waals surface area contributed by atoms with Gasteiger partial charge in [-0.05, 0) is 23.8 Å². The molecule has 0 radical (unpaired) electrons. The first-order valence-electron chi connectivity index (χ1n) is 7.23. The Labute approximate surface area is 157 Å². The van der Waals surface area contributed by atoms with Gasteiger partial charge in [0.2, 0.25) is 4.80 Å². The molecule has 0 N–H and O–H groups in total. The highest BCUT2D eigenvalue weighted by atomic mass is 35.5. The highest BCUT2D eigenvalue weighted by Crippen LogP contribution is 2.23. The fourth-order valence-corrected chi connectivity index (χ4v) is 3.09. The number of Topliss-reactive ketones (excluding diaryl/α,β-unsaturated/α-hetero) is 1. The third-order valence-corrected chi connectivity index (χ3v) is 4.70. The molecule has 0 fully saturated rings. The number of benzene rings is 2. The van der Waals surface area contributed by atoms with Crippen LogP contribution in [0.25, 0.3) is 5.69 Å². The average Bonchev–Trinajstić information content (AvgIpc) is 3.02. The molecule has 0 saturated carbocycles. The van der Waals surface area contributed by atoms with Gasteiger partial charge in [-0.15, -0.1) is 5.10 Å². The van der Waals surface area contributed by atoms with Gasteiger partial charge in [0.25, 0.3) is 0 Å². The summed E-state index contributed by atoms with van der Waals surface area (Å²) < 4.78 is 1.47. The highest BCUT2D eigenvalue weighted by Gasteiger charge is 2.13. The predicted octanol–water partition coefficient (Wildman–Crippen LogP) is 4.38. The lowest BCUT2D eigenvalue weighted by molar-refractivity contribution is 0.101. The van der Waals surface area contributed by atoms with Crippen molar-refractivity contribution in [1.29, 1.82) is 0 Å². The molecule has 0 aliphatic rings. The number of halogens is 2. The smallest absolute Gasteiger partial charge is 0.233 e. The van der Waals surface area contributed by atoms with Gasteiger partial charge in [-0.3, -0.25) is 4.79 Å². The maximum Gasteiger partial charge on any atom is 0.233 e. The molecule has 0 unspecified atom stereocenters. The van der Waals surface area contributed by atoms with Gasteiger partial charge in [0, 0.05) is 11.9 Å². The van der Waals surface area contributed by atoms with Crippen molar-refractivity contribution in [1.82, 2.24) is 9.78 Å². The molecule has 0 bridgehead atoms. The minimum atomic E-state index is -0.162. The van der Waals surface area contributed by atoms with E-state index in [0.29, 0.717) is 25.5 Å². The first-order valence-corrected chi connectivity index (χ1v) is 8.80. The SMILES string of the molecule is CC(=O)c1nn(-c2cc(Cl)ccc2Cl)c(=NN=Cc2ccccc2)s1. The molecule has 2 aromatic carbocycles. The van der Waals surface area contributed by atoms with Crippen LogP contribution in [-0.4, -0.2) is 21.8 Å². The number of nitrogens with zero attached hydrogens (tertiary/aromatic N) is 4. The lowest BCUT2D eigenvalue weighted by Gasteiger charge is -2.04. The quantitative estimate of drug-likeness (QED) is 0.377. The second kappa shape index (κ2) is 7.74. The van der Waals surface area contributed by atoms with E-state index in [1.165, 1.54) is 11.6 Å². The summed E-state index contributed by atoms with van der Waals surface area (Å²) >= 11 is 13.4. The number of carbonyl (C=O) groups is 1. The summed E-state index contributed by atoms with van der Waals surface area (Å²) in [6, 6.07) is 14.6. The van der Waals surface area contributed by atoms with Crippen LogP contribution in [-0.2, 0) is 0 Å². The number of hydrogen-bond acceptors (Lipinski definition) is 5.